The van der Waals surface area contributed by atoms with Gasteiger partial charge in [-0.15, -0.1) is 0 Å². The van der Waals surface area contributed by atoms with Crippen molar-refractivity contribution in [1.82, 2.24) is 20.1 Å². The smallest absolute Gasteiger partial charge is 0.128 e. The Labute approximate surface area is 149 Å². The third kappa shape index (κ3) is 3.55. The van der Waals surface area contributed by atoms with Crippen LogP contribution in [0.4, 0.5) is 5.82 Å². The molecule has 0 aliphatic carbocycles. The summed E-state index contributed by atoms with van der Waals surface area (Å²) in [5.74, 6) is 1.11. The Balaban J connectivity index is 1.37. The molecule has 2 aliphatic rings. The quantitative estimate of drug-likeness (QED) is 0.905. The van der Waals surface area contributed by atoms with Crippen LogP contribution in [0, 0.1) is 6.92 Å². The lowest BCUT2D eigenvalue weighted by Gasteiger charge is -2.20. The van der Waals surface area contributed by atoms with Crippen molar-refractivity contribution in [2.45, 2.75) is 44.9 Å². The van der Waals surface area contributed by atoms with Crippen molar-refractivity contribution in [2.24, 2.45) is 7.05 Å². The van der Waals surface area contributed by atoms with Gasteiger partial charge < -0.3 is 15.0 Å². The summed E-state index contributed by atoms with van der Waals surface area (Å²) >= 11 is 0. The lowest BCUT2D eigenvalue weighted by atomic mass is 10.0. The van der Waals surface area contributed by atoms with Gasteiger partial charge in [0.15, 0.2) is 0 Å². The molecule has 0 saturated carbocycles. The Kier molecular flexibility index (Phi) is 4.72. The standard InChI is InChI=1S/C19H27N5O/c1-14-16(13-23(2)22-14)19-17(7-10-25-19)20-11-15-5-6-18(21-12-15)24-8-3-4-9-24/h5-6,12-13,17,19-20H,3-4,7-11H2,1-2H3/t17-,19+/m0/s1. The van der Waals surface area contributed by atoms with Crippen molar-refractivity contribution in [2.75, 3.05) is 24.6 Å². The van der Waals surface area contributed by atoms with E-state index in [4.69, 9.17) is 4.74 Å². The van der Waals surface area contributed by atoms with Gasteiger partial charge in [-0.05, 0) is 37.8 Å². The molecule has 0 spiro atoms. The number of pyridine rings is 1. The van der Waals surface area contributed by atoms with E-state index >= 15 is 0 Å². The molecule has 6 nitrogen and oxygen atoms in total. The van der Waals surface area contributed by atoms with Gasteiger partial charge in [-0.3, -0.25) is 4.68 Å². The number of anilines is 1. The summed E-state index contributed by atoms with van der Waals surface area (Å²) in [6, 6.07) is 4.66. The number of rotatable bonds is 5. The zero-order chi connectivity index (χ0) is 17.2. The maximum absolute atomic E-state index is 5.98. The van der Waals surface area contributed by atoms with E-state index in [2.05, 4.69) is 45.6 Å². The van der Waals surface area contributed by atoms with Gasteiger partial charge in [0.2, 0.25) is 0 Å². The molecule has 0 bridgehead atoms. The van der Waals surface area contributed by atoms with Gasteiger partial charge in [-0.1, -0.05) is 6.07 Å². The Morgan fingerprint density at radius 1 is 1.28 bits per heavy atom. The summed E-state index contributed by atoms with van der Waals surface area (Å²) in [7, 11) is 1.96. The number of hydrogen-bond donors (Lipinski definition) is 1. The van der Waals surface area contributed by atoms with E-state index in [1.165, 1.54) is 24.0 Å². The Hall–Kier alpha value is -1.92. The highest BCUT2D eigenvalue weighted by Gasteiger charge is 2.31. The average Bonchev–Trinajstić information content (AvgIpc) is 3.34. The van der Waals surface area contributed by atoms with Crippen LogP contribution < -0.4 is 10.2 Å². The first-order valence-corrected chi connectivity index (χ1v) is 9.26. The van der Waals surface area contributed by atoms with Gasteiger partial charge in [0.1, 0.15) is 11.9 Å². The molecule has 4 rings (SSSR count). The Bertz CT molecular complexity index is 705. The van der Waals surface area contributed by atoms with E-state index in [1.807, 2.05) is 17.9 Å². The second-order valence-electron chi connectivity index (χ2n) is 7.13. The van der Waals surface area contributed by atoms with Crippen molar-refractivity contribution in [3.63, 3.8) is 0 Å². The normalized spacial score (nSPS) is 23.5. The summed E-state index contributed by atoms with van der Waals surface area (Å²) in [6.07, 6.45) is 7.75. The fourth-order valence-electron chi connectivity index (χ4n) is 3.91. The topological polar surface area (TPSA) is 55.2 Å². The first-order chi connectivity index (χ1) is 12.2. The van der Waals surface area contributed by atoms with Crippen molar-refractivity contribution in [1.29, 1.82) is 0 Å². The number of aryl methyl sites for hydroxylation is 2. The fraction of sp³-hybridized carbons (Fsp3) is 0.579. The molecule has 2 aromatic heterocycles. The SMILES string of the molecule is Cc1nn(C)cc1[C@H]1OCC[C@@H]1NCc1ccc(N2CCCC2)nc1. The highest BCUT2D eigenvalue weighted by Crippen LogP contribution is 2.31. The van der Waals surface area contributed by atoms with Crippen molar-refractivity contribution in [3.8, 4) is 0 Å². The lowest BCUT2D eigenvalue weighted by Crippen LogP contribution is -2.31. The van der Waals surface area contributed by atoms with Crippen LogP contribution in [0.25, 0.3) is 0 Å². The second-order valence-corrected chi connectivity index (χ2v) is 7.13. The van der Waals surface area contributed by atoms with Crippen LogP contribution in [-0.2, 0) is 18.3 Å². The molecule has 2 aromatic rings. The third-order valence-corrected chi connectivity index (χ3v) is 5.26. The van der Waals surface area contributed by atoms with E-state index in [0.29, 0.717) is 6.04 Å². The molecule has 2 atom stereocenters. The molecular formula is C19H27N5O. The van der Waals surface area contributed by atoms with Crippen LogP contribution in [0.1, 0.15) is 42.2 Å². The van der Waals surface area contributed by atoms with Gasteiger partial charge in [0.25, 0.3) is 0 Å². The minimum atomic E-state index is 0.0885. The molecule has 0 unspecified atom stereocenters. The van der Waals surface area contributed by atoms with Crippen LogP contribution in [0.3, 0.4) is 0 Å². The van der Waals surface area contributed by atoms with Gasteiger partial charge in [-0.2, -0.15) is 5.10 Å². The predicted molar refractivity (Wildman–Crippen MR) is 97.6 cm³/mol. The van der Waals surface area contributed by atoms with Crippen LogP contribution in [0.15, 0.2) is 24.5 Å². The number of aromatic nitrogens is 3. The number of nitrogens with one attached hydrogen (secondary N) is 1. The zero-order valence-electron chi connectivity index (χ0n) is 15.1. The fourth-order valence-corrected chi connectivity index (χ4v) is 3.91. The van der Waals surface area contributed by atoms with E-state index in [0.717, 1.165) is 44.2 Å². The van der Waals surface area contributed by atoms with Crippen molar-refractivity contribution >= 4 is 5.82 Å². The third-order valence-electron chi connectivity index (χ3n) is 5.26. The monoisotopic (exact) mass is 341 g/mol. The van der Waals surface area contributed by atoms with E-state index < -0.39 is 0 Å². The second kappa shape index (κ2) is 7.14. The summed E-state index contributed by atoms with van der Waals surface area (Å²) in [6.45, 7) is 5.93. The van der Waals surface area contributed by atoms with Crippen LogP contribution >= 0.6 is 0 Å². The molecule has 1 N–H and O–H groups in total. The Morgan fingerprint density at radius 2 is 2.12 bits per heavy atom. The van der Waals surface area contributed by atoms with Crippen LogP contribution in [0.5, 0.6) is 0 Å². The molecule has 0 amide bonds. The molecule has 25 heavy (non-hydrogen) atoms. The highest BCUT2D eigenvalue weighted by atomic mass is 16.5. The molecule has 0 aromatic carbocycles. The number of ether oxygens (including phenoxy) is 1. The van der Waals surface area contributed by atoms with Gasteiger partial charge in [0.05, 0.1) is 5.69 Å². The molecule has 2 aliphatic heterocycles. The Morgan fingerprint density at radius 3 is 2.80 bits per heavy atom. The maximum Gasteiger partial charge on any atom is 0.128 e. The molecule has 0 radical (unpaired) electrons. The zero-order valence-corrected chi connectivity index (χ0v) is 15.1. The first-order valence-electron chi connectivity index (χ1n) is 9.26. The van der Waals surface area contributed by atoms with Gasteiger partial charge >= 0.3 is 0 Å². The lowest BCUT2D eigenvalue weighted by molar-refractivity contribution is 0.0979. The molecule has 2 saturated heterocycles. The summed E-state index contributed by atoms with van der Waals surface area (Å²) in [4.78, 5) is 7.01. The molecule has 4 heterocycles. The number of nitrogens with zero attached hydrogens (tertiary/aromatic N) is 4. The summed E-state index contributed by atoms with van der Waals surface area (Å²) in [5.41, 5.74) is 3.47. The molecule has 2 fully saturated rings. The van der Waals surface area contributed by atoms with E-state index in [1.54, 1.807) is 0 Å². The van der Waals surface area contributed by atoms with Crippen molar-refractivity contribution < 1.29 is 4.74 Å². The van der Waals surface area contributed by atoms with Gasteiger partial charge in [-0.25, -0.2) is 4.98 Å². The number of hydrogen-bond acceptors (Lipinski definition) is 5. The largest absolute Gasteiger partial charge is 0.372 e. The van der Waals surface area contributed by atoms with E-state index in [-0.39, 0.29) is 6.10 Å². The molecule has 6 heteroatoms. The molecular weight excluding hydrogens is 314 g/mol. The average molecular weight is 341 g/mol. The van der Waals surface area contributed by atoms with Crippen molar-refractivity contribution in [3.05, 3.63) is 41.3 Å². The first kappa shape index (κ1) is 16.5. The van der Waals surface area contributed by atoms with E-state index in [9.17, 15) is 0 Å². The van der Waals surface area contributed by atoms with Crippen LogP contribution in [0.2, 0.25) is 0 Å². The highest BCUT2D eigenvalue weighted by molar-refractivity contribution is 5.40. The minimum absolute atomic E-state index is 0.0885. The predicted octanol–water partition coefficient (Wildman–Crippen LogP) is 2.34. The summed E-state index contributed by atoms with van der Waals surface area (Å²) < 4.78 is 7.85. The summed E-state index contributed by atoms with van der Waals surface area (Å²) in [5, 5.41) is 8.11. The van der Waals surface area contributed by atoms with Crippen LogP contribution in [-0.4, -0.2) is 40.5 Å². The molecule has 134 valence electrons. The minimum Gasteiger partial charge on any atom is -0.372 e. The van der Waals surface area contributed by atoms with Gasteiger partial charge in [0, 0.05) is 57.3 Å². The maximum atomic E-state index is 5.98.